The average molecular weight is 383 g/mol. The van der Waals surface area contributed by atoms with E-state index in [1.807, 2.05) is 30.3 Å². The van der Waals surface area contributed by atoms with Gasteiger partial charge in [-0.05, 0) is 17.7 Å². The second-order valence-electron chi connectivity index (χ2n) is 6.25. The van der Waals surface area contributed by atoms with Crippen LogP contribution in [0.25, 0.3) is 0 Å². The molecule has 3 N–H and O–H groups in total. The standard InChI is InChI=1S/C20H21N3O5/c1-27-15-8-12(9-16(28-2)18(15)24)10-22-23-20(26)17-14(11-21-19(17)25)13-6-4-3-5-7-13/h3-10,14,17,24H,11H2,1-2H3,(H,21,25)(H,23,26)/b22-10+/t14-,17-/m1/s1. The SMILES string of the molecule is COc1cc(/C=N/NC(=O)[C@H]2C(=O)NC[C@@H]2c2ccccc2)cc(OC)c1O. The lowest BCUT2D eigenvalue weighted by Gasteiger charge is -2.15. The first-order valence-electron chi connectivity index (χ1n) is 8.65. The third-order valence-electron chi connectivity index (χ3n) is 4.58. The van der Waals surface area contributed by atoms with Gasteiger partial charge in [0.15, 0.2) is 11.5 Å². The molecule has 1 heterocycles. The van der Waals surface area contributed by atoms with Gasteiger partial charge in [-0.25, -0.2) is 5.43 Å². The molecule has 1 saturated heterocycles. The Kier molecular flexibility index (Phi) is 5.78. The number of methoxy groups -OCH3 is 2. The summed E-state index contributed by atoms with van der Waals surface area (Å²) in [5, 5.41) is 16.6. The summed E-state index contributed by atoms with van der Waals surface area (Å²) in [6.07, 6.45) is 1.38. The van der Waals surface area contributed by atoms with E-state index in [4.69, 9.17) is 9.47 Å². The van der Waals surface area contributed by atoms with E-state index in [0.717, 1.165) is 5.56 Å². The van der Waals surface area contributed by atoms with Crippen LogP contribution in [0.15, 0.2) is 47.6 Å². The number of nitrogens with one attached hydrogen (secondary N) is 2. The van der Waals surface area contributed by atoms with Crippen LogP contribution in [-0.2, 0) is 9.59 Å². The highest BCUT2D eigenvalue weighted by molar-refractivity contribution is 6.03. The third-order valence-corrected chi connectivity index (χ3v) is 4.58. The molecule has 2 aromatic rings. The summed E-state index contributed by atoms with van der Waals surface area (Å²) in [6.45, 7) is 0.400. The number of aromatic hydroxyl groups is 1. The molecule has 0 spiro atoms. The van der Waals surface area contributed by atoms with E-state index in [-0.39, 0.29) is 29.1 Å². The van der Waals surface area contributed by atoms with Crippen LogP contribution in [0.4, 0.5) is 0 Å². The normalized spacial score (nSPS) is 18.7. The first-order valence-corrected chi connectivity index (χ1v) is 8.65. The maximum absolute atomic E-state index is 12.6. The third kappa shape index (κ3) is 3.90. The van der Waals surface area contributed by atoms with Crippen LogP contribution in [0.5, 0.6) is 17.2 Å². The number of hydrogen-bond acceptors (Lipinski definition) is 6. The first-order chi connectivity index (χ1) is 13.5. The predicted molar refractivity (Wildman–Crippen MR) is 103 cm³/mol. The largest absolute Gasteiger partial charge is 0.502 e. The Morgan fingerprint density at radius 3 is 2.46 bits per heavy atom. The van der Waals surface area contributed by atoms with Gasteiger partial charge >= 0.3 is 0 Å². The topological polar surface area (TPSA) is 109 Å². The number of amides is 2. The van der Waals surface area contributed by atoms with Crippen molar-refractivity contribution in [1.29, 1.82) is 0 Å². The molecule has 0 bridgehead atoms. The van der Waals surface area contributed by atoms with Crippen LogP contribution in [0.2, 0.25) is 0 Å². The molecule has 1 aliphatic rings. The summed E-state index contributed by atoms with van der Waals surface area (Å²) >= 11 is 0. The van der Waals surface area contributed by atoms with Crippen molar-refractivity contribution in [3.8, 4) is 17.2 Å². The lowest BCUT2D eigenvalue weighted by atomic mass is 9.88. The quantitative estimate of drug-likeness (QED) is 0.397. The van der Waals surface area contributed by atoms with Crippen molar-refractivity contribution < 1.29 is 24.2 Å². The fourth-order valence-electron chi connectivity index (χ4n) is 3.16. The first kappa shape index (κ1) is 19.2. The summed E-state index contributed by atoms with van der Waals surface area (Å²) < 4.78 is 10.2. The molecular weight excluding hydrogens is 362 g/mol. The fraction of sp³-hybridized carbons (Fsp3) is 0.250. The Labute approximate surface area is 162 Å². The van der Waals surface area contributed by atoms with E-state index in [2.05, 4.69) is 15.8 Å². The smallest absolute Gasteiger partial charge is 0.253 e. The minimum Gasteiger partial charge on any atom is -0.502 e. The summed E-state index contributed by atoms with van der Waals surface area (Å²) in [5.41, 5.74) is 3.88. The minimum absolute atomic E-state index is 0.125. The Morgan fingerprint density at radius 2 is 1.86 bits per heavy atom. The number of carbonyl (C=O) groups excluding carboxylic acids is 2. The number of hydrogen-bond donors (Lipinski definition) is 3. The minimum atomic E-state index is -0.858. The molecule has 2 atom stereocenters. The molecule has 2 aromatic carbocycles. The number of ether oxygens (including phenoxy) is 2. The maximum atomic E-state index is 12.6. The van der Waals surface area contributed by atoms with Crippen LogP contribution in [0, 0.1) is 5.92 Å². The Morgan fingerprint density at radius 1 is 1.21 bits per heavy atom. The summed E-state index contributed by atoms with van der Waals surface area (Å²) in [5.74, 6) is -1.62. The van der Waals surface area contributed by atoms with Gasteiger partial charge in [-0.15, -0.1) is 0 Å². The van der Waals surface area contributed by atoms with Gasteiger partial charge < -0.3 is 19.9 Å². The summed E-state index contributed by atoms with van der Waals surface area (Å²) in [6, 6.07) is 12.5. The molecule has 3 rings (SSSR count). The van der Waals surface area contributed by atoms with E-state index < -0.39 is 11.8 Å². The van der Waals surface area contributed by atoms with Crippen molar-refractivity contribution in [2.45, 2.75) is 5.92 Å². The second-order valence-corrected chi connectivity index (χ2v) is 6.25. The van der Waals surface area contributed by atoms with Crippen LogP contribution >= 0.6 is 0 Å². The van der Waals surface area contributed by atoms with Gasteiger partial charge in [0, 0.05) is 18.0 Å². The summed E-state index contributed by atoms with van der Waals surface area (Å²) in [4.78, 5) is 24.7. The van der Waals surface area contributed by atoms with Crippen LogP contribution in [0.3, 0.4) is 0 Å². The number of phenols is 1. The molecular formula is C20H21N3O5. The highest BCUT2D eigenvalue weighted by atomic mass is 16.5. The van der Waals surface area contributed by atoms with Crippen LogP contribution in [0.1, 0.15) is 17.0 Å². The highest BCUT2D eigenvalue weighted by Crippen LogP contribution is 2.36. The zero-order valence-corrected chi connectivity index (χ0v) is 15.5. The van der Waals surface area contributed by atoms with Crippen molar-refractivity contribution in [3.05, 3.63) is 53.6 Å². The highest BCUT2D eigenvalue weighted by Gasteiger charge is 2.40. The molecule has 1 aliphatic heterocycles. The van der Waals surface area contributed by atoms with Crippen molar-refractivity contribution in [1.82, 2.24) is 10.7 Å². The Balaban J connectivity index is 1.73. The number of phenolic OH excluding ortho intramolecular Hbond substituents is 1. The zero-order valence-electron chi connectivity index (χ0n) is 15.5. The van der Waals surface area contributed by atoms with Gasteiger partial charge in [0.2, 0.25) is 11.7 Å². The second kappa shape index (κ2) is 8.43. The predicted octanol–water partition coefficient (Wildman–Crippen LogP) is 1.39. The molecule has 0 saturated carbocycles. The molecule has 0 aliphatic carbocycles. The van der Waals surface area contributed by atoms with E-state index in [0.29, 0.717) is 12.1 Å². The molecule has 0 unspecified atom stereocenters. The number of rotatable bonds is 6. The van der Waals surface area contributed by atoms with Crippen molar-refractivity contribution in [2.75, 3.05) is 20.8 Å². The Hall–Kier alpha value is -3.55. The molecule has 0 radical (unpaired) electrons. The monoisotopic (exact) mass is 383 g/mol. The maximum Gasteiger partial charge on any atom is 0.253 e. The number of nitrogens with zero attached hydrogens (tertiary/aromatic N) is 1. The van der Waals surface area contributed by atoms with Gasteiger partial charge in [-0.1, -0.05) is 30.3 Å². The lowest BCUT2D eigenvalue weighted by molar-refractivity contribution is -0.133. The van der Waals surface area contributed by atoms with Crippen LogP contribution < -0.4 is 20.2 Å². The molecule has 28 heavy (non-hydrogen) atoms. The van der Waals surface area contributed by atoms with Crippen molar-refractivity contribution in [2.24, 2.45) is 11.0 Å². The van der Waals surface area contributed by atoms with Gasteiger partial charge in [0.1, 0.15) is 5.92 Å². The van der Waals surface area contributed by atoms with Crippen LogP contribution in [-0.4, -0.2) is 43.9 Å². The van der Waals surface area contributed by atoms with Crippen molar-refractivity contribution in [3.63, 3.8) is 0 Å². The average Bonchev–Trinajstić information content (AvgIpc) is 3.11. The van der Waals surface area contributed by atoms with Gasteiger partial charge in [0.05, 0.1) is 20.4 Å². The molecule has 0 aromatic heterocycles. The van der Waals surface area contributed by atoms with E-state index in [9.17, 15) is 14.7 Å². The number of benzene rings is 2. The molecule has 2 amide bonds. The number of carbonyl (C=O) groups is 2. The zero-order chi connectivity index (χ0) is 20.1. The van der Waals surface area contributed by atoms with Gasteiger partial charge in [-0.2, -0.15) is 5.10 Å². The van der Waals surface area contributed by atoms with Gasteiger partial charge in [-0.3, -0.25) is 9.59 Å². The Bertz CT molecular complexity index is 873. The van der Waals surface area contributed by atoms with E-state index in [1.54, 1.807) is 12.1 Å². The summed E-state index contributed by atoms with van der Waals surface area (Å²) in [7, 11) is 2.83. The van der Waals surface area contributed by atoms with E-state index >= 15 is 0 Å². The van der Waals surface area contributed by atoms with E-state index in [1.165, 1.54) is 20.4 Å². The molecule has 146 valence electrons. The molecule has 8 heteroatoms. The molecule has 1 fully saturated rings. The lowest BCUT2D eigenvalue weighted by Crippen LogP contribution is -2.34. The number of hydrazone groups is 1. The molecule has 8 nitrogen and oxygen atoms in total. The van der Waals surface area contributed by atoms with Gasteiger partial charge in [0.25, 0.3) is 5.91 Å². The fourth-order valence-corrected chi connectivity index (χ4v) is 3.16. The van der Waals surface area contributed by atoms with Crippen molar-refractivity contribution >= 4 is 18.0 Å².